The van der Waals surface area contributed by atoms with Crippen LogP contribution in [0.15, 0.2) is 18.2 Å². The molecule has 1 aliphatic carbocycles. The summed E-state index contributed by atoms with van der Waals surface area (Å²) in [6.07, 6.45) is 4.08. The lowest BCUT2D eigenvalue weighted by atomic mass is 9.96. The van der Waals surface area contributed by atoms with Gasteiger partial charge >= 0.3 is 12.0 Å². The van der Waals surface area contributed by atoms with Gasteiger partial charge in [-0.25, -0.2) is 9.59 Å². The Bertz CT molecular complexity index is 683. The number of urea groups is 1. The maximum absolute atomic E-state index is 12.0. The first-order chi connectivity index (χ1) is 12.9. The number of rotatable bonds is 6. The Labute approximate surface area is 159 Å². The van der Waals surface area contributed by atoms with Crippen LogP contribution in [-0.4, -0.2) is 36.7 Å². The first-order valence-electron chi connectivity index (χ1n) is 9.36. The summed E-state index contributed by atoms with van der Waals surface area (Å²) in [7, 11) is 0. The van der Waals surface area contributed by atoms with Crippen LogP contribution < -0.4 is 15.4 Å². The number of imide groups is 1. The summed E-state index contributed by atoms with van der Waals surface area (Å²) >= 11 is 0. The van der Waals surface area contributed by atoms with E-state index in [1.54, 1.807) is 6.07 Å². The number of aryl methyl sites for hydroxylation is 1. The van der Waals surface area contributed by atoms with Crippen LogP contribution in [0.3, 0.4) is 0 Å². The van der Waals surface area contributed by atoms with Crippen LogP contribution in [0.4, 0.5) is 4.79 Å². The van der Waals surface area contributed by atoms with Gasteiger partial charge in [-0.1, -0.05) is 31.4 Å². The van der Waals surface area contributed by atoms with Gasteiger partial charge in [-0.2, -0.15) is 0 Å². The molecule has 0 bridgehead atoms. The van der Waals surface area contributed by atoms with Gasteiger partial charge in [-0.05, 0) is 50.8 Å². The normalized spacial score (nSPS) is 15.5. The topological polar surface area (TPSA) is 93.7 Å². The molecule has 1 fully saturated rings. The Balaban J connectivity index is 1.73. The summed E-state index contributed by atoms with van der Waals surface area (Å²) in [4.78, 5) is 35.8. The van der Waals surface area contributed by atoms with Crippen molar-refractivity contribution in [3.8, 4) is 5.75 Å². The summed E-state index contributed by atoms with van der Waals surface area (Å²) in [6, 6.07) is 5.09. The average molecular weight is 376 g/mol. The van der Waals surface area contributed by atoms with Gasteiger partial charge in [0.05, 0.1) is 0 Å². The van der Waals surface area contributed by atoms with Crippen molar-refractivity contribution in [1.29, 1.82) is 0 Å². The zero-order chi connectivity index (χ0) is 19.8. The highest BCUT2D eigenvalue weighted by molar-refractivity contribution is 5.97. The van der Waals surface area contributed by atoms with Gasteiger partial charge in [0, 0.05) is 6.04 Å². The minimum absolute atomic E-state index is 0.0929. The van der Waals surface area contributed by atoms with Crippen LogP contribution in [0, 0.1) is 13.8 Å². The predicted molar refractivity (Wildman–Crippen MR) is 101 cm³/mol. The molecule has 0 saturated heterocycles. The number of nitrogens with one attached hydrogen (secondary N) is 2. The number of benzene rings is 1. The molecule has 1 saturated carbocycles. The Morgan fingerprint density at radius 1 is 1.15 bits per heavy atom. The molecule has 7 heteroatoms. The van der Waals surface area contributed by atoms with E-state index in [-0.39, 0.29) is 12.6 Å². The third-order valence-corrected chi connectivity index (χ3v) is 4.76. The van der Waals surface area contributed by atoms with Crippen molar-refractivity contribution in [2.75, 3.05) is 6.61 Å². The first kappa shape index (κ1) is 20.7. The summed E-state index contributed by atoms with van der Waals surface area (Å²) < 4.78 is 10.5. The standard InChI is InChI=1S/C20H28N2O5/c1-13-8-7-11-17(14(13)2)26-12-18(23)27-15(3)19(24)22-20(25)21-16-9-5-4-6-10-16/h7-8,11,15-16H,4-6,9-10,12H2,1-3H3,(H2,21,22,24,25)/t15-/m1/s1. The highest BCUT2D eigenvalue weighted by Crippen LogP contribution is 2.20. The maximum atomic E-state index is 12.0. The zero-order valence-corrected chi connectivity index (χ0v) is 16.2. The van der Waals surface area contributed by atoms with Crippen LogP contribution in [0.25, 0.3) is 0 Å². The number of amides is 3. The molecule has 0 heterocycles. The van der Waals surface area contributed by atoms with E-state index in [4.69, 9.17) is 9.47 Å². The second-order valence-corrected chi connectivity index (χ2v) is 6.92. The largest absolute Gasteiger partial charge is 0.482 e. The number of hydrogen-bond donors (Lipinski definition) is 2. The second kappa shape index (κ2) is 9.94. The molecule has 148 valence electrons. The predicted octanol–water partition coefficient (Wildman–Crippen LogP) is 2.77. The molecule has 0 aliphatic heterocycles. The summed E-state index contributed by atoms with van der Waals surface area (Å²) in [5.41, 5.74) is 1.99. The second-order valence-electron chi connectivity index (χ2n) is 6.92. The minimum Gasteiger partial charge on any atom is -0.482 e. The van der Waals surface area contributed by atoms with Gasteiger partial charge in [0.1, 0.15) is 5.75 Å². The van der Waals surface area contributed by atoms with E-state index in [2.05, 4.69) is 10.6 Å². The van der Waals surface area contributed by atoms with Gasteiger partial charge in [0.15, 0.2) is 12.7 Å². The highest BCUT2D eigenvalue weighted by Gasteiger charge is 2.22. The zero-order valence-electron chi connectivity index (χ0n) is 16.2. The van der Waals surface area contributed by atoms with Crippen molar-refractivity contribution in [2.45, 2.75) is 65.0 Å². The Kier molecular flexibility index (Phi) is 7.64. The van der Waals surface area contributed by atoms with Gasteiger partial charge < -0.3 is 14.8 Å². The number of ether oxygens (including phenoxy) is 2. The minimum atomic E-state index is -1.09. The van der Waals surface area contributed by atoms with Gasteiger partial charge in [-0.15, -0.1) is 0 Å². The molecule has 7 nitrogen and oxygen atoms in total. The van der Waals surface area contributed by atoms with Crippen LogP contribution in [0.5, 0.6) is 5.75 Å². The van der Waals surface area contributed by atoms with E-state index in [0.717, 1.165) is 36.8 Å². The number of esters is 1. The fourth-order valence-corrected chi connectivity index (χ4v) is 2.98. The molecular weight excluding hydrogens is 348 g/mol. The Morgan fingerprint density at radius 3 is 2.56 bits per heavy atom. The molecule has 0 radical (unpaired) electrons. The monoisotopic (exact) mass is 376 g/mol. The van der Waals surface area contributed by atoms with Crippen LogP contribution >= 0.6 is 0 Å². The smallest absolute Gasteiger partial charge is 0.344 e. The summed E-state index contributed by atoms with van der Waals surface area (Å²) in [5.74, 6) is -0.745. The first-order valence-corrected chi connectivity index (χ1v) is 9.36. The lowest BCUT2D eigenvalue weighted by Gasteiger charge is -2.23. The molecule has 2 N–H and O–H groups in total. The lowest BCUT2D eigenvalue weighted by molar-refractivity contribution is -0.156. The Morgan fingerprint density at radius 2 is 1.85 bits per heavy atom. The third kappa shape index (κ3) is 6.58. The van der Waals surface area contributed by atoms with Crippen molar-refractivity contribution < 1.29 is 23.9 Å². The third-order valence-electron chi connectivity index (χ3n) is 4.76. The average Bonchev–Trinajstić information content (AvgIpc) is 2.63. The number of carbonyl (C=O) groups excluding carboxylic acids is 3. The van der Waals surface area contributed by atoms with Crippen molar-refractivity contribution >= 4 is 17.9 Å². The molecule has 1 aliphatic rings. The van der Waals surface area contributed by atoms with Crippen LogP contribution in [0.2, 0.25) is 0 Å². The molecule has 0 spiro atoms. The van der Waals surface area contributed by atoms with E-state index in [9.17, 15) is 14.4 Å². The molecule has 3 amide bonds. The van der Waals surface area contributed by atoms with E-state index < -0.39 is 24.0 Å². The molecule has 1 aromatic rings. The van der Waals surface area contributed by atoms with Crippen LogP contribution in [0.1, 0.15) is 50.2 Å². The van der Waals surface area contributed by atoms with Crippen molar-refractivity contribution in [1.82, 2.24) is 10.6 Å². The molecule has 1 atom stereocenters. The van der Waals surface area contributed by atoms with Crippen molar-refractivity contribution in [2.24, 2.45) is 0 Å². The molecule has 2 rings (SSSR count). The van der Waals surface area contributed by atoms with Crippen LogP contribution in [-0.2, 0) is 14.3 Å². The van der Waals surface area contributed by atoms with Gasteiger partial charge in [0.25, 0.3) is 5.91 Å². The van der Waals surface area contributed by atoms with Crippen molar-refractivity contribution in [3.05, 3.63) is 29.3 Å². The van der Waals surface area contributed by atoms with E-state index >= 15 is 0 Å². The maximum Gasteiger partial charge on any atom is 0.344 e. The van der Waals surface area contributed by atoms with Gasteiger partial charge in [0.2, 0.25) is 0 Å². The molecule has 0 aromatic heterocycles. The lowest BCUT2D eigenvalue weighted by Crippen LogP contribution is -2.48. The quantitative estimate of drug-likeness (QED) is 0.745. The highest BCUT2D eigenvalue weighted by atomic mass is 16.6. The molecule has 0 unspecified atom stereocenters. The molecule has 27 heavy (non-hydrogen) atoms. The number of carbonyl (C=O) groups is 3. The fraction of sp³-hybridized carbons (Fsp3) is 0.550. The van der Waals surface area contributed by atoms with E-state index in [1.165, 1.54) is 13.3 Å². The number of hydrogen-bond acceptors (Lipinski definition) is 5. The molecular formula is C20H28N2O5. The summed E-state index contributed by atoms with van der Waals surface area (Å²) in [6.45, 7) is 4.96. The van der Waals surface area contributed by atoms with Crippen molar-refractivity contribution in [3.63, 3.8) is 0 Å². The SMILES string of the molecule is Cc1cccc(OCC(=O)O[C@H](C)C(=O)NC(=O)NC2CCCCC2)c1C. The van der Waals surface area contributed by atoms with Gasteiger partial charge in [-0.3, -0.25) is 10.1 Å². The molecule has 1 aromatic carbocycles. The fourth-order valence-electron chi connectivity index (χ4n) is 2.98. The Hall–Kier alpha value is -2.57. The van der Waals surface area contributed by atoms with E-state index in [1.807, 2.05) is 26.0 Å². The summed E-state index contributed by atoms with van der Waals surface area (Å²) in [5, 5.41) is 5.00. The van der Waals surface area contributed by atoms with E-state index in [0.29, 0.717) is 5.75 Å².